The molecule has 0 radical (unpaired) electrons. The van der Waals surface area contributed by atoms with Gasteiger partial charge in [0.05, 0.1) is 11.6 Å². The molecule has 1 fully saturated rings. The van der Waals surface area contributed by atoms with Crippen molar-refractivity contribution in [1.82, 2.24) is 14.9 Å². The van der Waals surface area contributed by atoms with Crippen LogP contribution in [-0.4, -0.2) is 28.0 Å². The highest BCUT2D eigenvalue weighted by Gasteiger charge is 2.23. The number of rotatable bonds is 3. The van der Waals surface area contributed by atoms with E-state index in [-0.39, 0.29) is 0 Å². The summed E-state index contributed by atoms with van der Waals surface area (Å²) in [5.74, 6) is 0.565. The van der Waals surface area contributed by atoms with E-state index in [0.29, 0.717) is 16.5 Å². The van der Waals surface area contributed by atoms with Crippen molar-refractivity contribution in [3.63, 3.8) is 0 Å². The smallest absolute Gasteiger partial charge is 0.137 e. The van der Waals surface area contributed by atoms with E-state index in [9.17, 15) is 5.26 Å². The summed E-state index contributed by atoms with van der Waals surface area (Å²) in [4.78, 5) is 10.1. The molecule has 3 heterocycles. The molecule has 0 bridgehead atoms. The van der Waals surface area contributed by atoms with Crippen LogP contribution in [0.3, 0.4) is 0 Å². The van der Waals surface area contributed by atoms with Crippen LogP contribution in [0.2, 0.25) is 5.02 Å². The van der Waals surface area contributed by atoms with Crippen LogP contribution in [0.4, 0.5) is 0 Å². The molecule has 25 heavy (non-hydrogen) atoms. The van der Waals surface area contributed by atoms with Gasteiger partial charge in [0.15, 0.2) is 0 Å². The number of likely N-dealkylation sites (tertiary alicyclic amines) is 1. The fourth-order valence-corrected chi connectivity index (χ4v) is 3.92. The lowest BCUT2D eigenvalue weighted by molar-refractivity contribution is 0.205. The Kier molecular flexibility index (Phi) is 4.44. The molecule has 0 spiro atoms. The monoisotopic (exact) mass is 350 g/mol. The summed E-state index contributed by atoms with van der Waals surface area (Å²) in [6.07, 6.45) is 6.18. The minimum absolute atomic E-state index is 0.565. The molecule has 1 N–H and O–H groups in total. The zero-order valence-electron chi connectivity index (χ0n) is 13.9. The molecule has 4 nitrogen and oxygen atoms in total. The Balaban J connectivity index is 1.44. The number of pyridine rings is 1. The predicted octanol–water partition coefficient (Wildman–Crippen LogP) is 4.47. The maximum Gasteiger partial charge on any atom is 0.137 e. The number of nitrogens with zero attached hydrogens (tertiary/aromatic N) is 3. The lowest BCUT2D eigenvalue weighted by atomic mass is 9.89. The Hall–Kier alpha value is -2.35. The quantitative estimate of drug-likeness (QED) is 0.758. The second-order valence-electron chi connectivity index (χ2n) is 6.61. The van der Waals surface area contributed by atoms with Gasteiger partial charge < -0.3 is 4.98 Å². The zero-order chi connectivity index (χ0) is 17.2. The highest BCUT2D eigenvalue weighted by molar-refractivity contribution is 6.30. The predicted molar refractivity (Wildman–Crippen MR) is 99.5 cm³/mol. The van der Waals surface area contributed by atoms with Crippen LogP contribution in [0.1, 0.15) is 35.4 Å². The SMILES string of the molecule is N#Cc1cc(Cl)ccc1CN1CCC(c2c[nH]c3ncccc23)CC1. The molecule has 0 aliphatic carbocycles. The molecule has 0 amide bonds. The molecule has 0 atom stereocenters. The van der Waals surface area contributed by atoms with Gasteiger partial charge in [0.25, 0.3) is 0 Å². The van der Waals surface area contributed by atoms with E-state index in [1.807, 2.05) is 24.4 Å². The topological polar surface area (TPSA) is 55.7 Å². The number of H-pyrrole nitrogens is 1. The summed E-state index contributed by atoms with van der Waals surface area (Å²) >= 11 is 5.99. The second-order valence-corrected chi connectivity index (χ2v) is 7.04. The second kappa shape index (κ2) is 6.87. The van der Waals surface area contributed by atoms with E-state index >= 15 is 0 Å². The van der Waals surface area contributed by atoms with Crippen molar-refractivity contribution in [3.8, 4) is 6.07 Å². The molecule has 1 saturated heterocycles. The number of halogens is 1. The van der Waals surface area contributed by atoms with Gasteiger partial charge in [-0.2, -0.15) is 5.26 Å². The molecule has 1 aliphatic heterocycles. The molecule has 126 valence electrons. The van der Waals surface area contributed by atoms with Gasteiger partial charge in [-0.25, -0.2) is 4.98 Å². The van der Waals surface area contributed by atoms with E-state index in [1.54, 1.807) is 6.07 Å². The van der Waals surface area contributed by atoms with Crippen molar-refractivity contribution in [2.45, 2.75) is 25.3 Å². The van der Waals surface area contributed by atoms with Crippen molar-refractivity contribution >= 4 is 22.6 Å². The van der Waals surface area contributed by atoms with Gasteiger partial charge in [0.2, 0.25) is 0 Å². The molecular formula is C20H19ClN4. The van der Waals surface area contributed by atoms with E-state index in [0.717, 1.165) is 43.7 Å². The third-order valence-corrected chi connectivity index (χ3v) is 5.33. The van der Waals surface area contributed by atoms with Crippen LogP contribution < -0.4 is 0 Å². The normalized spacial score (nSPS) is 16.2. The lowest BCUT2D eigenvalue weighted by Gasteiger charge is -2.32. The third kappa shape index (κ3) is 3.26. The van der Waals surface area contributed by atoms with E-state index in [1.165, 1.54) is 10.9 Å². The van der Waals surface area contributed by atoms with Crippen molar-refractivity contribution in [3.05, 3.63) is 64.4 Å². The van der Waals surface area contributed by atoms with Crippen LogP contribution in [0.5, 0.6) is 0 Å². The average molecular weight is 351 g/mol. The summed E-state index contributed by atoms with van der Waals surface area (Å²) in [6, 6.07) is 12.0. The van der Waals surface area contributed by atoms with Crippen LogP contribution in [-0.2, 0) is 6.54 Å². The van der Waals surface area contributed by atoms with Gasteiger partial charge in [-0.1, -0.05) is 17.7 Å². The summed E-state index contributed by atoms with van der Waals surface area (Å²) in [5.41, 5.74) is 4.09. The van der Waals surface area contributed by atoms with E-state index in [2.05, 4.69) is 33.2 Å². The highest BCUT2D eigenvalue weighted by Crippen LogP contribution is 2.33. The molecule has 3 aromatic rings. The standard InChI is InChI=1S/C20H19ClN4/c21-17-4-3-15(16(10-17)11-22)13-25-8-5-14(6-9-25)19-12-24-20-18(19)2-1-7-23-20/h1-4,7,10,12,14H,5-6,8-9,13H2,(H,23,24). The first-order chi connectivity index (χ1) is 12.2. The fourth-order valence-electron chi connectivity index (χ4n) is 3.75. The van der Waals surface area contributed by atoms with Crippen molar-refractivity contribution in [1.29, 1.82) is 5.26 Å². The van der Waals surface area contributed by atoms with Crippen molar-refractivity contribution in [2.24, 2.45) is 0 Å². The maximum absolute atomic E-state index is 9.30. The Bertz CT molecular complexity index is 932. The number of aromatic nitrogens is 2. The molecule has 2 aromatic heterocycles. The molecule has 5 heteroatoms. The van der Waals surface area contributed by atoms with Crippen LogP contribution in [0.15, 0.2) is 42.7 Å². The molecular weight excluding hydrogens is 332 g/mol. The first-order valence-electron chi connectivity index (χ1n) is 8.57. The number of piperidine rings is 1. The summed E-state index contributed by atoms with van der Waals surface area (Å²) in [5, 5.41) is 11.2. The summed E-state index contributed by atoms with van der Waals surface area (Å²) in [7, 11) is 0. The number of benzene rings is 1. The first kappa shape index (κ1) is 16.1. The number of hydrogen-bond acceptors (Lipinski definition) is 3. The maximum atomic E-state index is 9.30. The number of aromatic amines is 1. The minimum atomic E-state index is 0.565. The fraction of sp³-hybridized carbons (Fsp3) is 0.300. The summed E-state index contributed by atoms with van der Waals surface area (Å²) < 4.78 is 0. The molecule has 4 rings (SSSR count). The highest BCUT2D eigenvalue weighted by atomic mass is 35.5. The third-order valence-electron chi connectivity index (χ3n) is 5.10. The van der Waals surface area contributed by atoms with Crippen molar-refractivity contribution in [2.75, 3.05) is 13.1 Å². The van der Waals surface area contributed by atoms with Crippen molar-refractivity contribution < 1.29 is 0 Å². The lowest BCUT2D eigenvalue weighted by Crippen LogP contribution is -2.32. The minimum Gasteiger partial charge on any atom is -0.346 e. The number of nitrogens with one attached hydrogen (secondary N) is 1. The molecule has 1 aliphatic rings. The first-order valence-corrected chi connectivity index (χ1v) is 8.95. The van der Waals surface area contributed by atoms with Gasteiger partial charge in [0, 0.05) is 29.3 Å². The van der Waals surface area contributed by atoms with E-state index < -0.39 is 0 Å². The largest absolute Gasteiger partial charge is 0.346 e. The van der Waals surface area contributed by atoms with Crippen LogP contribution >= 0.6 is 11.6 Å². The molecule has 1 aromatic carbocycles. The molecule has 0 saturated carbocycles. The zero-order valence-corrected chi connectivity index (χ0v) is 14.6. The van der Waals surface area contributed by atoms with Crippen LogP contribution in [0, 0.1) is 11.3 Å². The Morgan fingerprint density at radius 1 is 1.28 bits per heavy atom. The van der Waals surface area contributed by atoms with Crippen LogP contribution in [0.25, 0.3) is 11.0 Å². The number of fused-ring (bicyclic) bond motifs is 1. The Labute approximate surface area is 152 Å². The number of hydrogen-bond donors (Lipinski definition) is 1. The van der Waals surface area contributed by atoms with Gasteiger partial charge in [-0.15, -0.1) is 0 Å². The average Bonchev–Trinajstić information content (AvgIpc) is 3.08. The van der Waals surface area contributed by atoms with E-state index in [4.69, 9.17) is 11.6 Å². The van der Waals surface area contributed by atoms with Gasteiger partial charge in [-0.3, -0.25) is 4.90 Å². The Morgan fingerprint density at radius 3 is 2.92 bits per heavy atom. The molecule has 0 unspecified atom stereocenters. The Morgan fingerprint density at radius 2 is 2.12 bits per heavy atom. The van der Waals surface area contributed by atoms with Gasteiger partial charge in [0.1, 0.15) is 5.65 Å². The van der Waals surface area contributed by atoms with Gasteiger partial charge in [-0.05, 0) is 67.2 Å². The number of nitriles is 1. The summed E-state index contributed by atoms with van der Waals surface area (Å²) in [6.45, 7) is 2.87. The van der Waals surface area contributed by atoms with Gasteiger partial charge >= 0.3 is 0 Å².